The molecule has 2 aromatic rings. The molecule has 0 bridgehead atoms. The van der Waals surface area contributed by atoms with Gasteiger partial charge in [0, 0.05) is 10.0 Å². The minimum atomic E-state index is -0.373. The fraction of sp³-hybridized carbons (Fsp3) is 0. The molecule has 1 fully saturated rings. The number of hydrogen-bond acceptors (Lipinski definition) is 3. The maximum absolute atomic E-state index is 13.0. The number of amides is 1. The summed E-state index contributed by atoms with van der Waals surface area (Å²) in [5.41, 5.74) is 1.20. The van der Waals surface area contributed by atoms with Gasteiger partial charge >= 0.3 is 0 Å². The average Bonchev–Trinajstić information content (AvgIpc) is 2.78. The second kappa shape index (κ2) is 6.61. The molecule has 0 unspecified atom stereocenters. The fourth-order valence-corrected chi connectivity index (χ4v) is 3.79. The van der Waals surface area contributed by atoms with Crippen molar-refractivity contribution in [3.05, 3.63) is 68.8 Å². The predicted molar refractivity (Wildman–Crippen MR) is 98.5 cm³/mol. The lowest BCUT2D eigenvalue weighted by molar-refractivity contribution is -0.113. The summed E-state index contributed by atoms with van der Waals surface area (Å²) in [5.74, 6) is -0.639. The Kier molecular flexibility index (Phi) is 4.73. The second-order valence-electron chi connectivity index (χ2n) is 4.66. The third-order valence-electron chi connectivity index (χ3n) is 3.13. The van der Waals surface area contributed by atoms with E-state index in [1.54, 1.807) is 24.3 Å². The molecule has 0 spiro atoms. The van der Waals surface area contributed by atoms with E-state index in [0.29, 0.717) is 30.5 Å². The number of halogens is 3. The van der Waals surface area contributed by atoms with Gasteiger partial charge in [-0.3, -0.25) is 9.69 Å². The number of anilines is 1. The molecule has 1 amide bonds. The topological polar surface area (TPSA) is 20.3 Å². The number of carbonyl (C=O) groups is 1. The van der Waals surface area contributed by atoms with Gasteiger partial charge in [-0.05, 0) is 48.0 Å². The van der Waals surface area contributed by atoms with Crippen LogP contribution in [0.5, 0.6) is 0 Å². The lowest BCUT2D eigenvalue weighted by atomic mass is 10.2. The summed E-state index contributed by atoms with van der Waals surface area (Å²) < 4.78 is 13.4. The van der Waals surface area contributed by atoms with Crippen LogP contribution in [0.3, 0.4) is 0 Å². The van der Waals surface area contributed by atoms with Crippen LogP contribution < -0.4 is 4.90 Å². The number of benzene rings is 2. The Hall–Kier alpha value is -1.40. The van der Waals surface area contributed by atoms with Gasteiger partial charge in [-0.15, -0.1) is 0 Å². The first-order valence-electron chi connectivity index (χ1n) is 6.44. The summed E-state index contributed by atoms with van der Waals surface area (Å²) in [4.78, 5) is 14.4. The SMILES string of the molecule is O=C1C(=Cc2ccc(Cl)cc2Cl)SC(=S)N1c1ccc(F)cc1. The minimum Gasteiger partial charge on any atom is -0.268 e. The lowest BCUT2D eigenvalue weighted by Crippen LogP contribution is -2.27. The zero-order chi connectivity index (χ0) is 16.6. The van der Waals surface area contributed by atoms with Crippen molar-refractivity contribution in [3.8, 4) is 0 Å². The van der Waals surface area contributed by atoms with Crippen LogP contribution >= 0.6 is 47.2 Å². The van der Waals surface area contributed by atoms with Crippen LogP contribution in [0, 0.1) is 5.82 Å². The van der Waals surface area contributed by atoms with Gasteiger partial charge in [0.2, 0.25) is 0 Å². The van der Waals surface area contributed by atoms with E-state index in [2.05, 4.69) is 0 Å². The minimum absolute atomic E-state index is 0.266. The molecule has 0 aliphatic carbocycles. The molecular weight excluding hydrogens is 376 g/mol. The highest BCUT2D eigenvalue weighted by atomic mass is 35.5. The standard InChI is InChI=1S/C16H8Cl2FNOS2/c17-10-2-1-9(13(18)8-10)7-14-15(21)20(16(22)23-14)12-5-3-11(19)4-6-12/h1-8H. The Morgan fingerprint density at radius 2 is 1.83 bits per heavy atom. The van der Waals surface area contributed by atoms with Crippen LogP contribution in [0.15, 0.2) is 47.4 Å². The molecule has 116 valence electrons. The largest absolute Gasteiger partial charge is 0.270 e. The zero-order valence-electron chi connectivity index (χ0n) is 11.4. The number of thiocarbonyl (C=S) groups is 1. The molecule has 1 saturated heterocycles. The summed E-state index contributed by atoms with van der Waals surface area (Å²) >= 11 is 18.4. The van der Waals surface area contributed by atoms with Crippen molar-refractivity contribution in [2.24, 2.45) is 0 Å². The number of hydrogen-bond donors (Lipinski definition) is 0. The smallest absolute Gasteiger partial charge is 0.268 e. The first kappa shape index (κ1) is 16.5. The van der Waals surface area contributed by atoms with Crippen molar-refractivity contribution in [2.75, 3.05) is 4.90 Å². The van der Waals surface area contributed by atoms with E-state index in [4.69, 9.17) is 35.4 Å². The molecule has 7 heteroatoms. The van der Waals surface area contributed by atoms with Gasteiger partial charge in [-0.2, -0.15) is 0 Å². The van der Waals surface area contributed by atoms with Gasteiger partial charge in [0.1, 0.15) is 5.82 Å². The molecule has 0 N–H and O–H groups in total. The van der Waals surface area contributed by atoms with E-state index in [0.717, 1.165) is 0 Å². The van der Waals surface area contributed by atoms with E-state index in [1.165, 1.54) is 40.9 Å². The van der Waals surface area contributed by atoms with Gasteiger partial charge in [0.15, 0.2) is 4.32 Å². The van der Waals surface area contributed by atoms with Gasteiger partial charge < -0.3 is 0 Å². The Bertz CT molecular complexity index is 836. The Balaban J connectivity index is 1.94. The monoisotopic (exact) mass is 383 g/mol. The van der Waals surface area contributed by atoms with Crippen LogP contribution in [0.2, 0.25) is 10.0 Å². The van der Waals surface area contributed by atoms with E-state index in [9.17, 15) is 9.18 Å². The van der Waals surface area contributed by atoms with Gasteiger partial charge in [-0.25, -0.2) is 4.39 Å². The van der Waals surface area contributed by atoms with Crippen LogP contribution in [0.25, 0.3) is 6.08 Å². The number of carbonyl (C=O) groups excluding carboxylic acids is 1. The van der Waals surface area contributed by atoms with Crippen molar-refractivity contribution in [1.82, 2.24) is 0 Å². The Morgan fingerprint density at radius 3 is 2.48 bits per heavy atom. The van der Waals surface area contributed by atoms with Crippen molar-refractivity contribution in [1.29, 1.82) is 0 Å². The van der Waals surface area contributed by atoms with Gasteiger partial charge in [0.25, 0.3) is 5.91 Å². The highest BCUT2D eigenvalue weighted by molar-refractivity contribution is 8.27. The summed E-state index contributed by atoms with van der Waals surface area (Å²) in [7, 11) is 0. The van der Waals surface area contributed by atoms with Crippen LogP contribution in [-0.4, -0.2) is 10.2 Å². The Morgan fingerprint density at radius 1 is 1.13 bits per heavy atom. The van der Waals surface area contributed by atoms with E-state index in [-0.39, 0.29) is 11.7 Å². The highest BCUT2D eigenvalue weighted by Gasteiger charge is 2.33. The van der Waals surface area contributed by atoms with Gasteiger partial charge in [0.05, 0.1) is 10.6 Å². The summed E-state index contributed by atoms with van der Waals surface area (Å²) in [6.45, 7) is 0. The normalized spacial score (nSPS) is 16.5. The molecule has 1 aliphatic rings. The third kappa shape index (κ3) is 3.43. The van der Waals surface area contributed by atoms with Crippen molar-refractivity contribution >= 4 is 69.2 Å². The molecule has 1 heterocycles. The predicted octanol–water partition coefficient (Wildman–Crippen LogP) is 5.54. The molecule has 2 aromatic carbocycles. The Labute approximate surface area is 151 Å². The lowest BCUT2D eigenvalue weighted by Gasteiger charge is -2.14. The van der Waals surface area contributed by atoms with Crippen molar-refractivity contribution < 1.29 is 9.18 Å². The summed E-state index contributed by atoms with van der Waals surface area (Å²) in [5, 5.41) is 0.968. The van der Waals surface area contributed by atoms with Crippen molar-refractivity contribution in [3.63, 3.8) is 0 Å². The molecule has 0 atom stereocenters. The first-order chi connectivity index (χ1) is 11.0. The molecule has 3 rings (SSSR count). The van der Waals surface area contributed by atoms with Crippen molar-refractivity contribution in [2.45, 2.75) is 0 Å². The van der Waals surface area contributed by atoms with Gasteiger partial charge in [-0.1, -0.05) is 53.2 Å². The molecule has 2 nitrogen and oxygen atoms in total. The molecule has 0 saturated carbocycles. The zero-order valence-corrected chi connectivity index (χ0v) is 14.6. The third-order valence-corrected chi connectivity index (χ3v) is 4.99. The highest BCUT2D eigenvalue weighted by Crippen LogP contribution is 2.37. The van der Waals surface area contributed by atoms with E-state index < -0.39 is 0 Å². The molecular formula is C16H8Cl2FNOS2. The van der Waals surface area contributed by atoms with E-state index >= 15 is 0 Å². The maximum atomic E-state index is 13.0. The molecule has 0 radical (unpaired) electrons. The van der Waals surface area contributed by atoms with E-state index in [1.807, 2.05) is 0 Å². The number of nitrogens with zero attached hydrogens (tertiary/aromatic N) is 1. The summed E-state index contributed by atoms with van der Waals surface area (Å²) in [6, 6.07) is 10.6. The first-order valence-corrected chi connectivity index (χ1v) is 8.42. The quantitative estimate of drug-likeness (QED) is 0.501. The number of thioether (sulfide) groups is 1. The fourth-order valence-electron chi connectivity index (χ4n) is 2.04. The van der Waals surface area contributed by atoms with Crippen LogP contribution in [-0.2, 0) is 4.79 Å². The molecule has 23 heavy (non-hydrogen) atoms. The molecule has 1 aliphatic heterocycles. The maximum Gasteiger partial charge on any atom is 0.270 e. The second-order valence-corrected chi connectivity index (χ2v) is 7.18. The average molecular weight is 384 g/mol. The van der Waals surface area contributed by atoms with Crippen LogP contribution in [0.1, 0.15) is 5.56 Å². The van der Waals surface area contributed by atoms with Crippen LogP contribution in [0.4, 0.5) is 10.1 Å². The number of rotatable bonds is 2. The molecule has 0 aromatic heterocycles. The summed E-state index contributed by atoms with van der Waals surface area (Å²) in [6.07, 6.45) is 1.67.